The van der Waals surface area contributed by atoms with Gasteiger partial charge in [-0.05, 0) is 37.8 Å². The van der Waals surface area contributed by atoms with E-state index in [2.05, 4.69) is 5.43 Å². The van der Waals surface area contributed by atoms with Crippen LogP contribution in [-0.2, 0) is 0 Å². The number of amides is 1. The highest BCUT2D eigenvalue weighted by Crippen LogP contribution is 2.47. The molecule has 3 rings (SSSR count). The van der Waals surface area contributed by atoms with Crippen molar-refractivity contribution in [2.24, 2.45) is 0 Å². The third-order valence-corrected chi connectivity index (χ3v) is 3.79. The number of furan rings is 1. The number of aliphatic hydroxyl groups is 1. The van der Waals surface area contributed by atoms with E-state index in [0.717, 1.165) is 0 Å². The van der Waals surface area contributed by atoms with Gasteiger partial charge in [-0.3, -0.25) is 10.2 Å². The van der Waals surface area contributed by atoms with Crippen molar-refractivity contribution in [3.05, 3.63) is 35.4 Å². The highest BCUT2D eigenvalue weighted by Gasteiger charge is 2.66. The van der Waals surface area contributed by atoms with Crippen LogP contribution in [-0.4, -0.2) is 27.9 Å². The summed E-state index contributed by atoms with van der Waals surface area (Å²) in [4.78, 5) is 12.2. The Labute approximate surface area is 118 Å². The standard InChI is InChI=1S/C13H13F3N2O3/c14-13(15,16)12(20)8-4-1-2-5-9(8)17-18(12)11(19)10-6-3-7-21-10/h3,6-7,17,20H,1-2,4-5H2. The van der Waals surface area contributed by atoms with E-state index in [9.17, 15) is 23.1 Å². The fourth-order valence-electron chi connectivity index (χ4n) is 2.77. The monoisotopic (exact) mass is 302 g/mol. The number of rotatable bonds is 1. The van der Waals surface area contributed by atoms with Crippen LogP contribution in [0.1, 0.15) is 36.2 Å². The molecule has 1 atom stereocenters. The van der Waals surface area contributed by atoms with E-state index < -0.39 is 17.8 Å². The van der Waals surface area contributed by atoms with Crippen molar-refractivity contribution in [1.29, 1.82) is 0 Å². The molecule has 5 nitrogen and oxygen atoms in total. The first kappa shape index (κ1) is 14.0. The molecule has 2 heterocycles. The minimum Gasteiger partial charge on any atom is -0.459 e. The zero-order valence-electron chi connectivity index (χ0n) is 10.9. The molecule has 0 saturated carbocycles. The van der Waals surface area contributed by atoms with Gasteiger partial charge >= 0.3 is 12.1 Å². The van der Waals surface area contributed by atoms with Gasteiger partial charge in [0.05, 0.1) is 6.26 Å². The van der Waals surface area contributed by atoms with Gasteiger partial charge in [0.15, 0.2) is 5.76 Å². The Morgan fingerprint density at radius 2 is 2.10 bits per heavy atom. The van der Waals surface area contributed by atoms with Crippen LogP contribution in [0.15, 0.2) is 34.1 Å². The van der Waals surface area contributed by atoms with Crippen LogP contribution in [0.2, 0.25) is 0 Å². The molecule has 0 radical (unpaired) electrons. The van der Waals surface area contributed by atoms with Crippen LogP contribution < -0.4 is 5.43 Å². The molecule has 0 fully saturated rings. The maximum atomic E-state index is 13.4. The third kappa shape index (κ3) is 1.93. The lowest BCUT2D eigenvalue weighted by Gasteiger charge is -2.35. The summed E-state index contributed by atoms with van der Waals surface area (Å²) in [6, 6.07) is 2.64. The fourth-order valence-corrected chi connectivity index (χ4v) is 2.77. The normalized spacial score (nSPS) is 25.8. The van der Waals surface area contributed by atoms with Crippen molar-refractivity contribution < 1.29 is 27.5 Å². The number of alkyl halides is 3. The van der Waals surface area contributed by atoms with E-state index in [-0.39, 0.29) is 28.5 Å². The van der Waals surface area contributed by atoms with Crippen LogP contribution in [0.3, 0.4) is 0 Å². The van der Waals surface area contributed by atoms with Gasteiger partial charge in [-0.2, -0.15) is 13.2 Å². The summed E-state index contributed by atoms with van der Waals surface area (Å²) < 4.78 is 45.1. The fraction of sp³-hybridized carbons (Fsp3) is 0.462. The molecule has 1 amide bonds. The van der Waals surface area contributed by atoms with Crippen molar-refractivity contribution >= 4 is 5.91 Å². The van der Waals surface area contributed by atoms with E-state index in [1.807, 2.05) is 0 Å². The average molecular weight is 302 g/mol. The molecule has 1 unspecified atom stereocenters. The SMILES string of the molecule is O=C(c1ccco1)N1NC2=C(CCCC2)C1(O)C(F)(F)F. The van der Waals surface area contributed by atoms with Gasteiger partial charge in [-0.15, -0.1) is 0 Å². The van der Waals surface area contributed by atoms with Crippen LogP contribution in [0, 0.1) is 0 Å². The molecular formula is C13H13F3N2O3. The number of hydrazine groups is 1. The molecule has 0 bridgehead atoms. The number of nitrogens with one attached hydrogen (secondary N) is 1. The maximum Gasteiger partial charge on any atom is 0.442 e. The van der Waals surface area contributed by atoms with E-state index in [4.69, 9.17) is 4.42 Å². The molecule has 1 aromatic rings. The molecule has 0 saturated heterocycles. The Hall–Kier alpha value is -1.96. The number of halogens is 3. The second-order valence-electron chi connectivity index (χ2n) is 5.06. The van der Waals surface area contributed by atoms with E-state index in [1.165, 1.54) is 18.4 Å². The zero-order chi connectivity index (χ0) is 15.3. The van der Waals surface area contributed by atoms with Gasteiger partial charge in [0.25, 0.3) is 5.72 Å². The van der Waals surface area contributed by atoms with Crippen molar-refractivity contribution in [3.8, 4) is 0 Å². The van der Waals surface area contributed by atoms with Gasteiger partial charge in [0.1, 0.15) is 0 Å². The smallest absolute Gasteiger partial charge is 0.442 e. The predicted octanol–water partition coefficient (Wildman–Crippen LogP) is 2.32. The second-order valence-corrected chi connectivity index (χ2v) is 5.06. The lowest BCUT2D eigenvalue weighted by molar-refractivity contribution is -0.288. The van der Waals surface area contributed by atoms with Crippen molar-refractivity contribution in [3.63, 3.8) is 0 Å². The molecule has 2 N–H and O–H groups in total. The van der Waals surface area contributed by atoms with Gasteiger partial charge in [-0.1, -0.05) is 0 Å². The first-order valence-electron chi connectivity index (χ1n) is 6.52. The van der Waals surface area contributed by atoms with Gasteiger partial charge in [0, 0.05) is 11.3 Å². The van der Waals surface area contributed by atoms with Crippen molar-refractivity contribution in [2.45, 2.75) is 37.6 Å². The summed E-state index contributed by atoms with van der Waals surface area (Å²) in [5.41, 5.74) is -0.830. The van der Waals surface area contributed by atoms with Crippen LogP contribution in [0.4, 0.5) is 13.2 Å². The Balaban J connectivity index is 2.04. The number of nitrogens with zero attached hydrogens (tertiary/aromatic N) is 1. The Kier molecular flexibility index (Phi) is 3.01. The van der Waals surface area contributed by atoms with E-state index in [0.29, 0.717) is 19.3 Å². The maximum absolute atomic E-state index is 13.4. The number of hydrogen-bond acceptors (Lipinski definition) is 4. The minimum absolute atomic E-state index is 0.0975. The summed E-state index contributed by atoms with van der Waals surface area (Å²) in [6.07, 6.45) is -2.10. The van der Waals surface area contributed by atoms with Gasteiger partial charge < -0.3 is 9.52 Å². The highest BCUT2D eigenvalue weighted by molar-refractivity contribution is 5.92. The summed E-state index contributed by atoms with van der Waals surface area (Å²) in [6.45, 7) is 0. The Morgan fingerprint density at radius 3 is 2.71 bits per heavy atom. The summed E-state index contributed by atoms with van der Waals surface area (Å²) in [5.74, 6) is -1.33. The van der Waals surface area contributed by atoms with Crippen LogP contribution >= 0.6 is 0 Å². The molecule has 114 valence electrons. The van der Waals surface area contributed by atoms with Crippen molar-refractivity contribution in [2.75, 3.05) is 0 Å². The topological polar surface area (TPSA) is 65.7 Å². The summed E-state index contributed by atoms with van der Waals surface area (Å²) in [7, 11) is 0. The molecule has 0 aromatic carbocycles. The Bertz CT molecular complexity index is 594. The van der Waals surface area contributed by atoms with Gasteiger partial charge in [0.2, 0.25) is 0 Å². The molecule has 1 aliphatic carbocycles. The molecule has 1 aromatic heterocycles. The lowest BCUT2D eigenvalue weighted by Crippen LogP contribution is -2.62. The van der Waals surface area contributed by atoms with Crippen molar-refractivity contribution in [1.82, 2.24) is 10.4 Å². The largest absolute Gasteiger partial charge is 0.459 e. The first-order chi connectivity index (χ1) is 9.85. The predicted molar refractivity (Wildman–Crippen MR) is 64.5 cm³/mol. The third-order valence-electron chi connectivity index (χ3n) is 3.79. The molecule has 8 heteroatoms. The Morgan fingerprint density at radius 1 is 1.38 bits per heavy atom. The van der Waals surface area contributed by atoms with E-state index >= 15 is 0 Å². The average Bonchev–Trinajstić information content (AvgIpc) is 3.05. The molecule has 21 heavy (non-hydrogen) atoms. The first-order valence-corrected chi connectivity index (χ1v) is 6.52. The number of allylic oxidation sites excluding steroid dienone is 1. The molecular weight excluding hydrogens is 289 g/mol. The van der Waals surface area contributed by atoms with Crippen LogP contribution in [0.25, 0.3) is 0 Å². The highest BCUT2D eigenvalue weighted by atomic mass is 19.4. The van der Waals surface area contributed by atoms with Crippen LogP contribution in [0.5, 0.6) is 0 Å². The summed E-state index contributed by atoms with van der Waals surface area (Å²) in [5, 5.41) is 10.5. The summed E-state index contributed by atoms with van der Waals surface area (Å²) >= 11 is 0. The van der Waals surface area contributed by atoms with E-state index in [1.54, 1.807) is 0 Å². The quantitative estimate of drug-likeness (QED) is 0.835. The molecule has 0 spiro atoms. The number of carbonyl (C=O) groups is 1. The number of carbonyl (C=O) groups excluding carboxylic acids is 1. The minimum atomic E-state index is -5.00. The zero-order valence-corrected chi connectivity index (χ0v) is 10.9. The second kappa shape index (κ2) is 4.52. The lowest BCUT2D eigenvalue weighted by atomic mass is 9.89. The number of hydrogen-bond donors (Lipinski definition) is 2. The van der Waals surface area contributed by atoms with Gasteiger partial charge in [-0.25, -0.2) is 5.01 Å². The molecule has 2 aliphatic rings. The molecule has 1 aliphatic heterocycles.